The van der Waals surface area contributed by atoms with E-state index in [9.17, 15) is 19.3 Å². The number of halogens is 1. The molecule has 0 bridgehead atoms. The lowest BCUT2D eigenvalue weighted by Crippen LogP contribution is -2.24. The molecule has 0 unspecified atom stereocenters. The van der Waals surface area contributed by atoms with E-state index in [4.69, 9.17) is 0 Å². The second kappa shape index (κ2) is 6.72. The zero-order valence-electron chi connectivity index (χ0n) is 13.5. The van der Waals surface area contributed by atoms with Gasteiger partial charge in [0.2, 0.25) is 0 Å². The lowest BCUT2D eigenvalue weighted by molar-refractivity contribution is -0.385. The van der Waals surface area contributed by atoms with Crippen LogP contribution in [0.1, 0.15) is 12.5 Å². The van der Waals surface area contributed by atoms with E-state index in [-0.39, 0.29) is 18.0 Å². The third kappa shape index (κ3) is 3.08. The summed E-state index contributed by atoms with van der Waals surface area (Å²) in [6.45, 7) is 2.34. The number of aromatic nitrogens is 1. The summed E-state index contributed by atoms with van der Waals surface area (Å²) in [4.78, 5) is 23.4. The van der Waals surface area contributed by atoms with Crippen LogP contribution in [0.4, 0.5) is 15.8 Å². The van der Waals surface area contributed by atoms with Crippen LogP contribution >= 0.6 is 0 Å². The molecule has 3 rings (SSSR count). The van der Waals surface area contributed by atoms with Crippen LogP contribution in [0.5, 0.6) is 0 Å². The molecule has 0 spiro atoms. The molecule has 0 radical (unpaired) electrons. The fraction of sp³-hybridized carbons (Fsp3) is 0.167. The summed E-state index contributed by atoms with van der Waals surface area (Å²) in [5.41, 5.74) is 0.428. The third-order valence-electron chi connectivity index (χ3n) is 4.03. The number of fused-ring (bicyclic) bond motifs is 1. The largest absolute Gasteiger partial charge is 0.375 e. The number of pyridine rings is 1. The maximum atomic E-state index is 13.0. The summed E-state index contributed by atoms with van der Waals surface area (Å²) in [7, 11) is 0. The van der Waals surface area contributed by atoms with E-state index >= 15 is 0 Å². The number of hydrogen-bond acceptors (Lipinski definition) is 4. The third-order valence-corrected chi connectivity index (χ3v) is 4.03. The molecular formula is C18H16FN3O3. The molecule has 128 valence electrons. The van der Waals surface area contributed by atoms with E-state index in [1.54, 1.807) is 43.3 Å². The molecule has 2 aromatic carbocycles. The lowest BCUT2D eigenvalue weighted by atomic mass is 10.1. The van der Waals surface area contributed by atoms with Gasteiger partial charge in [0.1, 0.15) is 11.5 Å². The monoisotopic (exact) mass is 341 g/mol. The molecule has 0 saturated carbocycles. The number of nitro groups is 1. The number of benzene rings is 2. The number of rotatable bonds is 5. The van der Waals surface area contributed by atoms with Gasteiger partial charge in [-0.15, -0.1) is 0 Å². The van der Waals surface area contributed by atoms with Gasteiger partial charge < -0.3 is 9.88 Å². The van der Waals surface area contributed by atoms with Crippen LogP contribution in [0.2, 0.25) is 0 Å². The molecule has 25 heavy (non-hydrogen) atoms. The first kappa shape index (κ1) is 16.6. The van der Waals surface area contributed by atoms with E-state index < -0.39 is 16.2 Å². The molecule has 0 amide bonds. The van der Waals surface area contributed by atoms with Crippen molar-refractivity contribution in [2.45, 2.75) is 20.0 Å². The van der Waals surface area contributed by atoms with Crippen LogP contribution in [-0.4, -0.2) is 9.49 Å². The van der Waals surface area contributed by atoms with Gasteiger partial charge in [-0.05, 0) is 30.7 Å². The van der Waals surface area contributed by atoms with Crippen LogP contribution in [0.25, 0.3) is 10.9 Å². The minimum absolute atomic E-state index is 0.180. The Morgan fingerprint density at radius 3 is 2.48 bits per heavy atom. The summed E-state index contributed by atoms with van der Waals surface area (Å²) >= 11 is 0. The Bertz CT molecular complexity index is 997. The maximum Gasteiger partial charge on any atom is 0.357 e. The molecule has 1 aromatic heterocycles. The molecule has 1 heterocycles. The van der Waals surface area contributed by atoms with Crippen LogP contribution < -0.4 is 10.9 Å². The van der Waals surface area contributed by atoms with Gasteiger partial charge >= 0.3 is 11.2 Å². The second-order valence-electron chi connectivity index (χ2n) is 5.53. The minimum Gasteiger partial charge on any atom is -0.375 e. The summed E-state index contributed by atoms with van der Waals surface area (Å²) in [5, 5.41) is 15.1. The molecule has 0 aliphatic carbocycles. The Hall–Kier alpha value is -3.22. The summed E-state index contributed by atoms with van der Waals surface area (Å²) in [6.07, 6.45) is 0. The van der Waals surface area contributed by atoms with Crippen LogP contribution in [0.3, 0.4) is 0 Å². The fourth-order valence-electron chi connectivity index (χ4n) is 2.85. The van der Waals surface area contributed by atoms with Crippen molar-refractivity contribution in [2.75, 3.05) is 5.32 Å². The van der Waals surface area contributed by atoms with Crippen molar-refractivity contribution in [3.63, 3.8) is 0 Å². The van der Waals surface area contributed by atoms with Gasteiger partial charge in [-0.25, -0.2) is 4.39 Å². The highest BCUT2D eigenvalue weighted by atomic mass is 19.1. The fourth-order valence-corrected chi connectivity index (χ4v) is 2.85. The molecule has 3 aromatic rings. The van der Waals surface area contributed by atoms with E-state index in [0.717, 1.165) is 5.56 Å². The SMILES string of the molecule is CCn1c(=O)c([N+](=O)[O-])c(NCc2ccc(F)cc2)c2ccccc21. The van der Waals surface area contributed by atoms with Gasteiger partial charge in [-0.3, -0.25) is 14.9 Å². The van der Waals surface area contributed by atoms with Crippen molar-refractivity contribution >= 4 is 22.3 Å². The molecule has 0 saturated heterocycles. The van der Waals surface area contributed by atoms with Crippen LogP contribution in [0, 0.1) is 15.9 Å². The van der Waals surface area contributed by atoms with Gasteiger partial charge in [0.05, 0.1) is 10.4 Å². The number of hydrogen-bond donors (Lipinski definition) is 1. The summed E-state index contributed by atoms with van der Waals surface area (Å²) in [5.74, 6) is -0.356. The highest BCUT2D eigenvalue weighted by Crippen LogP contribution is 2.30. The molecule has 0 aliphatic heterocycles. The predicted molar refractivity (Wildman–Crippen MR) is 94.3 cm³/mol. The summed E-state index contributed by atoms with van der Waals surface area (Å²) < 4.78 is 14.4. The minimum atomic E-state index is -0.659. The normalized spacial score (nSPS) is 10.8. The van der Waals surface area contributed by atoms with Gasteiger partial charge in [-0.2, -0.15) is 0 Å². The average molecular weight is 341 g/mol. The molecular weight excluding hydrogens is 325 g/mol. The van der Waals surface area contributed by atoms with E-state index in [2.05, 4.69) is 5.32 Å². The first-order valence-electron chi connectivity index (χ1n) is 7.81. The van der Waals surface area contributed by atoms with Gasteiger partial charge in [0.15, 0.2) is 0 Å². The number of anilines is 1. The molecule has 0 aliphatic rings. The quantitative estimate of drug-likeness (QED) is 0.567. The average Bonchev–Trinajstić information content (AvgIpc) is 2.60. The Labute approximate surface area is 142 Å². The molecule has 0 atom stereocenters. The van der Waals surface area contributed by atoms with Crippen molar-refractivity contribution in [1.29, 1.82) is 0 Å². The van der Waals surface area contributed by atoms with Crippen LogP contribution in [0.15, 0.2) is 53.3 Å². The smallest absolute Gasteiger partial charge is 0.357 e. The van der Waals surface area contributed by atoms with E-state index in [1.165, 1.54) is 16.7 Å². The predicted octanol–water partition coefficient (Wildman–Crippen LogP) is 3.68. The van der Waals surface area contributed by atoms with Crippen molar-refractivity contribution in [3.8, 4) is 0 Å². The van der Waals surface area contributed by atoms with Crippen molar-refractivity contribution in [2.24, 2.45) is 0 Å². The first-order valence-corrected chi connectivity index (χ1v) is 7.81. The van der Waals surface area contributed by atoms with Crippen molar-refractivity contribution < 1.29 is 9.31 Å². The Kier molecular flexibility index (Phi) is 4.47. The topological polar surface area (TPSA) is 77.2 Å². The maximum absolute atomic E-state index is 13.0. The van der Waals surface area contributed by atoms with Crippen LogP contribution in [-0.2, 0) is 13.1 Å². The number of aryl methyl sites for hydroxylation is 1. The lowest BCUT2D eigenvalue weighted by Gasteiger charge is -2.14. The highest BCUT2D eigenvalue weighted by molar-refractivity contribution is 5.96. The number of nitrogens with zero attached hydrogens (tertiary/aromatic N) is 2. The molecule has 7 heteroatoms. The van der Waals surface area contributed by atoms with E-state index in [0.29, 0.717) is 17.4 Å². The molecule has 6 nitrogen and oxygen atoms in total. The Balaban J connectivity index is 2.15. The van der Waals surface area contributed by atoms with Crippen molar-refractivity contribution in [3.05, 3.63) is 80.4 Å². The number of para-hydroxylation sites is 1. The number of nitrogens with one attached hydrogen (secondary N) is 1. The van der Waals surface area contributed by atoms with E-state index in [1.807, 2.05) is 0 Å². The Morgan fingerprint density at radius 2 is 1.84 bits per heavy atom. The Morgan fingerprint density at radius 1 is 1.16 bits per heavy atom. The second-order valence-corrected chi connectivity index (χ2v) is 5.53. The van der Waals surface area contributed by atoms with Crippen molar-refractivity contribution in [1.82, 2.24) is 4.57 Å². The zero-order chi connectivity index (χ0) is 18.0. The first-order chi connectivity index (χ1) is 12.0. The highest BCUT2D eigenvalue weighted by Gasteiger charge is 2.25. The van der Waals surface area contributed by atoms with Gasteiger partial charge in [-0.1, -0.05) is 30.3 Å². The summed E-state index contributed by atoms with van der Waals surface area (Å²) in [6, 6.07) is 12.8. The van der Waals surface area contributed by atoms with Gasteiger partial charge in [0, 0.05) is 18.5 Å². The standard InChI is InChI=1S/C18H16FN3O3/c1-2-21-15-6-4-3-5-14(15)16(17(18(21)23)22(24)25)20-11-12-7-9-13(19)10-8-12/h3-10,20H,2,11H2,1H3. The molecule has 0 fully saturated rings. The zero-order valence-corrected chi connectivity index (χ0v) is 13.5. The molecule has 1 N–H and O–H groups in total. The van der Waals surface area contributed by atoms with Gasteiger partial charge in [0.25, 0.3) is 0 Å².